The smallest absolute Gasteiger partial charge is 0.144 e. The molecule has 0 atom stereocenters. The second-order valence-corrected chi connectivity index (χ2v) is 4.72. The zero-order valence-electron chi connectivity index (χ0n) is 10.5. The lowest BCUT2D eigenvalue weighted by atomic mass is 9.98. The van der Waals surface area contributed by atoms with E-state index in [0.717, 1.165) is 18.4 Å². The number of aryl methyl sites for hydroxylation is 1. The SMILES string of the molecule is CCCC(C)(C)Nc1nccc(C)c1C#N. The maximum Gasteiger partial charge on any atom is 0.144 e. The van der Waals surface area contributed by atoms with E-state index in [-0.39, 0.29) is 5.54 Å². The van der Waals surface area contributed by atoms with Crippen LogP contribution in [-0.2, 0) is 0 Å². The van der Waals surface area contributed by atoms with Crippen LogP contribution in [-0.4, -0.2) is 10.5 Å². The van der Waals surface area contributed by atoms with Gasteiger partial charge >= 0.3 is 0 Å². The van der Waals surface area contributed by atoms with E-state index < -0.39 is 0 Å². The maximum absolute atomic E-state index is 9.10. The fourth-order valence-electron chi connectivity index (χ4n) is 1.80. The van der Waals surface area contributed by atoms with E-state index in [1.165, 1.54) is 0 Å². The van der Waals surface area contributed by atoms with Gasteiger partial charge in [0, 0.05) is 11.7 Å². The Morgan fingerprint density at radius 3 is 2.75 bits per heavy atom. The second kappa shape index (κ2) is 4.98. The van der Waals surface area contributed by atoms with Crippen molar-refractivity contribution < 1.29 is 0 Å². The summed E-state index contributed by atoms with van der Waals surface area (Å²) in [5.41, 5.74) is 1.58. The second-order valence-electron chi connectivity index (χ2n) is 4.72. The molecule has 16 heavy (non-hydrogen) atoms. The zero-order valence-corrected chi connectivity index (χ0v) is 10.5. The highest BCUT2D eigenvalue weighted by Gasteiger charge is 2.18. The van der Waals surface area contributed by atoms with Gasteiger partial charge in [-0.15, -0.1) is 0 Å². The molecule has 0 fully saturated rings. The van der Waals surface area contributed by atoms with E-state index in [1.54, 1.807) is 6.20 Å². The van der Waals surface area contributed by atoms with Crippen LogP contribution in [0.3, 0.4) is 0 Å². The van der Waals surface area contributed by atoms with Crippen LogP contribution < -0.4 is 5.32 Å². The molecule has 0 saturated carbocycles. The molecule has 3 nitrogen and oxygen atoms in total. The fourth-order valence-corrected chi connectivity index (χ4v) is 1.80. The van der Waals surface area contributed by atoms with Crippen molar-refractivity contribution in [2.45, 2.75) is 46.1 Å². The van der Waals surface area contributed by atoms with E-state index in [4.69, 9.17) is 5.26 Å². The standard InChI is InChI=1S/C13H19N3/c1-5-7-13(3,4)16-12-11(9-14)10(2)6-8-15-12/h6,8H,5,7H2,1-4H3,(H,15,16). The first-order valence-electron chi connectivity index (χ1n) is 5.64. The third kappa shape index (κ3) is 2.96. The van der Waals surface area contributed by atoms with Crippen molar-refractivity contribution in [3.8, 4) is 6.07 Å². The van der Waals surface area contributed by atoms with Gasteiger partial charge in [0.05, 0.1) is 5.56 Å². The minimum absolute atomic E-state index is 0.0266. The molecule has 3 heteroatoms. The van der Waals surface area contributed by atoms with Gasteiger partial charge in [0.25, 0.3) is 0 Å². The topological polar surface area (TPSA) is 48.7 Å². The molecule has 1 aromatic heterocycles. The lowest BCUT2D eigenvalue weighted by molar-refractivity contribution is 0.509. The van der Waals surface area contributed by atoms with Crippen molar-refractivity contribution in [3.05, 3.63) is 23.4 Å². The average Bonchev–Trinajstić information content (AvgIpc) is 2.17. The molecular formula is C13H19N3. The third-order valence-corrected chi connectivity index (χ3v) is 2.60. The lowest BCUT2D eigenvalue weighted by Crippen LogP contribution is -2.31. The first-order valence-corrected chi connectivity index (χ1v) is 5.64. The van der Waals surface area contributed by atoms with E-state index in [0.29, 0.717) is 11.4 Å². The summed E-state index contributed by atoms with van der Waals surface area (Å²) in [5.74, 6) is 0.695. The summed E-state index contributed by atoms with van der Waals surface area (Å²) in [6, 6.07) is 4.06. The van der Waals surface area contributed by atoms with E-state index in [1.807, 2.05) is 13.0 Å². The Kier molecular flexibility index (Phi) is 3.89. The van der Waals surface area contributed by atoms with Crippen molar-refractivity contribution >= 4 is 5.82 Å². The van der Waals surface area contributed by atoms with Gasteiger partial charge in [-0.3, -0.25) is 0 Å². The largest absolute Gasteiger partial charge is 0.364 e. The summed E-state index contributed by atoms with van der Waals surface area (Å²) >= 11 is 0. The summed E-state index contributed by atoms with van der Waals surface area (Å²) in [5, 5.41) is 12.4. The number of pyridine rings is 1. The van der Waals surface area contributed by atoms with E-state index in [9.17, 15) is 0 Å². The molecule has 0 amide bonds. The van der Waals surface area contributed by atoms with Gasteiger partial charge in [-0.05, 0) is 38.8 Å². The Balaban J connectivity index is 2.98. The molecule has 0 aromatic carbocycles. The number of anilines is 1. The molecule has 0 radical (unpaired) electrons. The molecule has 0 unspecified atom stereocenters. The molecule has 0 spiro atoms. The van der Waals surface area contributed by atoms with Crippen LogP contribution in [0, 0.1) is 18.3 Å². The van der Waals surface area contributed by atoms with Crippen LogP contribution in [0.15, 0.2) is 12.3 Å². The minimum Gasteiger partial charge on any atom is -0.364 e. The average molecular weight is 217 g/mol. The Morgan fingerprint density at radius 2 is 2.19 bits per heavy atom. The number of nitrogens with one attached hydrogen (secondary N) is 1. The molecule has 0 aliphatic rings. The molecule has 0 saturated heterocycles. The molecular weight excluding hydrogens is 198 g/mol. The minimum atomic E-state index is -0.0266. The van der Waals surface area contributed by atoms with Crippen LogP contribution >= 0.6 is 0 Å². The molecule has 1 heterocycles. The van der Waals surface area contributed by atoms with Gasteiger partial charge in [-0.2, -0.15) is 5.26 Å². The van der Waals surface area contributed by atoms with Crippen LogP contribution in [0.4, 0.5) is 5.82 Å². The number of aromatic nitrogens is 1. The Labute approximate surface area is 97.5 Å². The lowest BCUT2D eigenvalue weighted by Gasteiger charge is -2.27. The highest BCUT2D eigenvalue weighted by molar-refractivity contribution is 5.56. The Bertz CT molecular complexity index is 402. The van der Waals surface area contributed by atoms with Gasteiger partial charge in [0.1, 0.15) is 11.9 Å². The van der Waals surface area contributed by atoms with Gasteiger partial charge in [0.15, 0.2) is 0 Å². The molecule has 0 aliphatic heterocycles. The van der Waals surface area contributed by atoms with Crippen molar-refractivity contribution in [1.82, 2.24) is 4.98 Å². The highest BCUT2D eigenvalue weighted by Crippen LogP contribution is 2.22. The highest BCUT2D eigenvalue weighted by atomic mass is 15.0. The monoisotopic (exact) mass is 217 g/mol. The maximum atomic E-state index is 9.10. The number of nitriles is 1. The summed E-state index contributed by atoms with van der Waals surface area (Å²) in [7, 11) is 0. The predicted molar refractivity (Wildman–Crippen MR) is 66.3 cm³/mol. The van der Waals surface area contributed by atoms with Gasteiger partial charge in [-0.25, -0.2) is 4.98 Å². The molecule has 1 aromatic rings. The summed E-state index contributed by atoms with van der Waals surface area (Å²) in [6.07, 6.45) is 3.89. The molecule has 1 rings (SSSR count). The van der Waals surface area contributed by atoms with Crippen LogP contribution in [0.2, 0.25) is 0 Å². The summed E-state index contributed by atoms with van der Waals surface area (Å²) in [6.45, 7) is 8.33. The van der Waals surface area contributed by atoms with Crippen LogP contribution in [0.5, 0.6) is 0 Å². The van der Waals surface area contributed by atoms with Gasteiger partial charge in [-0.1, -0.05) is 13.3 Å². The number of hydrogen-bond acceptors (Lipinski definition) is 3. The van der Waals surface area contributed by atoms with Crippen molar-refractivity contribution in [2.75, 3.05) is 5.32 Å². The van der Waals surface area contributed by atoms with Crippen molar-refractivity contribution in [3.63, 3.8) is 0 Å². The molecule has 0 bridgehead atoms. The zero-order chi connectivity index (χ0) is 12.2. The van der Waals surface area contributed by atoms with Crippen LogP contribution in [0.25, 0.3) is 0 Å². The molecule has 1 N–H and O–H groups in total. The van der Waals surface area contributed by atoms with E-state index >= 15 is 0 Å². The number of nitrogens with zero attached hydrogens (tertiary/aromatic N) is 2. The predicted octanol–water partition coefficient (Wildman–Crippen LogP) is 3.25. The van der Waals surface area contributed by atoms with Crippen LogP contribution in [0.1, 0.15) is 44.7 Å². The Hall–Kier alpha value is -1.56. The summed E-state index contributed by atoms with van der Waals surface area (Å²) < 4.78 is 0. The fraction of sp³-hybridized carbons (Fsp3) is 0.538. The van der Waals surface area contributed by atoms with E-state index in [2.05, 4.69) is 37.1 Å². The first kappa shape index (κ1) is 12.5. The van der Waals surface area contributed by atoms with Gasteiger partial charge in [0.2, 0.25) is 0 Å². The number of hydrogen-bond donors (Lipinski definition) is 1. The van der Waals surface area contributed by atoms with Crippen molar-refractivity contribution in [2.24, 2.45) is 0 Å². The molecule has 0 aliphatic carbocycles. The Morgan fingerprint density at radius 1 is 1.50 bits per heavy atom. The molecule has 86 valence electrons. The number of rotatable bonds is 4. The summed E-state index contributed by atoms with van der Waals surface area (Å²) in [4.78, 5) is 4.24. The normalized spacial score (nSPS) is 10.9. The third-order valence-electron chi connectivity index (χ3n) is 2.60. The van der Waals surface area contributed by atoms with Gasteiger partial charge < -0.3 is 5.32 Å². The quantitative estimate of drug-likeness (QED) is 0.842. The first-order chi connectivity index (χ1) is 7.50. The van der Waals surface area contributed by atoms with Crippen molar-refractivity contribution in [1.29, 1.82) is 5.26 Å².